The molecule has 0 spiro atoms. The zero-order valence-electron chi connectivity index (χ0n) is 18.2. The fraction of sp³-hybridized carbons (Fsp3) is 0.955. The molecule has 0 aromatic heterocycles. The summed E-state index contributed by atoms with van der Waals surface area (Å²) in [5.41, 5.74) is -0.0152. The van der Waals surface area contributed by atoms with E-state index in [1.165, 1.54) is 51.4 Å². The summed E-state index contributed by atoms with van der Waals surface area (Å²) in [6, 6.07) is 0. The van der Waals surface area contributed by atoms with Crippen LogP contribution in [0.5, 0.6) is 0 Å². The molecular weight excluding hydrogens is 431 g/mol. The first-order valence-electron chi connectivity index (χ1n) is 11.4. The number of unbranched alkanes of at least 4 members (excludes halogenated alkanes) is 4. The van der Waals surface area contributed by atoms with Crippen LogP contribution in [0.15, 0.2) is 0 Å². The van der Waals surface area contributed by atoms with Crippen LogP contribution in [0.3, 0.4) is 0 Å². The van der Waals surface area contributed by atoms with Gasteiger partial charge in [-0.25, -0.2) is 0 Å². The average molecular weight is 475 g/mol. The third-order valence-electron chi connectivity index (χ3n) is 6.06. The second kappa shape index (κ2) is 12.6. The molecule has 1 fully saturated rings. The van der Waals surface area contributed by atoms with Gasteiger partial charge in [-0.3, -0.25) is 0 Å². The van der Waals surface area contributed by atoms with Crippen LogP contribution in [0.2, 0.25) is 8.87 Å². The molecule has 2 unspecified atom stereocenters. The van der Waals surface area contributed by atoms with Crippen LogP contribution in [0.4, 0.5) is 0 Å². The van der Waals surface area contributed by atoms with E-state index in [1.54, 1.807) is 6.92 Å². The van der Waals surface area contributed by atoms with Crippen molar-refractivity contribution >= 4 is 25.2 Å². The maximum absolute atomic E-state index is 11.9. The maximum atomic E-state index is 11.9. The minimum absolute atomic E-state index is 0.0152. The van der Waals surface area contributed by atoms with Gasteiger partial charge in [0, 0.05) is 0 Å². The Bertz CT molecular complexity index is 391. The van der Waals surface area contributed by atoms with Crippen molar-refractivity contribution < 1.29 is 10.9 Å². The summed E-state index contributed by atoms with van der Waals surface area (Å²) >= 11 is -3.33. The van der Waals surface area contributed by atoms with Crippen LogP contribution in [0, 0.1) is 5.92 Å². The van der Waals surface area contributed by atoms with Crippen LogP contribution < -0.4 is 0 Å². The third kappa shape index (κ3) is 7.33. The van der Waals surface area contributed by atoms with E-state index in [2.05, 4.69) is 27.7 Å². The second-order valence-corrected chi connectivity index (χ2v) is 17.6. The van der Waals surface area contributed by atoms with E-state index in [9.17, 15) is 4.79 Å². The fourth-order valence-electron chi connectivity index (χ4n) is 4.61. The Morgan fingerprint density at radius 1 is 1.00 bits per heavy atom. The van der Waals surface area contributed by atoms with E-state index in [-0.39, 0.29) is 11.6 Å². The van der Waals surface area contributed by atoms with Crippen molar-refractivity contribution in [2.45, 2.75) is 126 Å². The molecule has 0 bridgehead atoms. The molecule has 2 atom stereocenters. The summed E-state index contributed by atoms with van der Waals surface area (Å²) in [5.74, 6) is 0.548. The number of carbonyl (C=O) groups is 1. The Morgan fingerprint density at radius 2 is 1.58 bits per heavy atom. The van der Waals surface area contributed by atoms with Crippen LogP contribution in [0.25, 0.3) is 0 Å². The van der Waals surface area contributed by atoms with Gasteiger partial charge in [-0.05, 0) is 0 Å². The molecule has 0 aromatic carbocycles. The van der Waals surface area contributed by atoms with Crippen molar-refractivity contribution in [3.05, 3.63) is 0 Å². The van der Waals surface area contributed by atoms with Gasteiger partial charge in [0.15, 0.2) is 0 Å². The van der Waals surface area contributed by atoms with E-state index >= 15 is 0 Å². The molecule has 4 heteroatoms. The van der Waals surface area contributed by atoms with E-state index in [1.807, 2.05) is 0 Å². The molecular formula is C22H44O3Sn. The summed E-state index contributed by atoms with van der Waals surface area (Å²) in [6.45, 7) is 10.6. The predicted molar refractivity (Wildman–Crippen MR) is 113 cm³/mol. The first-order valence-corrected chi connectivity index (χ1v) is 17.7. The molecule has 154 valence electrons. The van der Waals surface area contributed by atoms with Gasteiger partial charge in [-0.15, -0.1) is 0 Å². The van der Waals surface area contributed by atoms with E-state index < -0.39 is 19.2 Å². The topological polar surface area (TPSA) is 35.5 Å². The molecule has 0 N–H and O–H groups in total. The Balaban J connectivity index is 3.13. The van der Waals surface area contributed by atoms with Crippen LogP contribution in [-0.2, 0) is 10.9 Å². The Kier molecular flexibility index (Phi) is 11.8. The molecule has 0 saturated carbocycles. The van der Waals surface area contributed by atoms with Crippen molar-refractivity contribution in [2.75, 3.05) is 0 Å². The SMILES string of the molecule is CCCCC1C[CH2][Sn]([CH2]CCC)([O]C(C)=O)[O]C1(CCCC)CCCC. The second-order valence-electron chi connectivity index (χ2n) is 8.36. The fourth-order valence-corrected chi connectivity index (χ4v) is 16.1. The van der Waals surface area contributed by atoms with Crippen molar-refractivity contribution in [3.8, 4) is 0 Å². The minimum atomic E-state index is -3.33. The molecule has 3 nitrogen and oxygen atoms in total. The zero-order valence-corrected chi connectivity index (χ0v) is 21.1. The Morgan fingerprint density at radius 3 is 2.08 bits per heavy atom. The molecule has 1 aliphatic rings. The van der Waals surface area contributed by atoms with Gasteiger partial charge in [0.05, 0.1) is 0 Å². The third-order valence-corrected chi connectivity index (χ3v) is 16.3. The van der Waals surface area contributed by atoms with Gasteiger partial charge in [0.1, 0.15) is 0 Å². The molecule has 1 saturated heterocycles. The average Bonchev–Trinajstić information content (AvgIpc) is 2.62. The van der Waals surface area contributed by atoms with Gasteiger partial charge in [-0.1, -0.05) is 0 Å². The molecule has 26 heavy (non-hydrogen) atoms. The van der Waals surface area contributed by atoms with Crippen molar-refractivity contribution in [2.24, 2.45) is 5.92 Å². The Hall–Kier alpha value is 0.229. The normalized spacial score (nSPS) is 25.2. The van der Waals surface area contributed by atoms with E-state index in [0.29, 0.717) is 5.92 Å². The summed E-state index contributed by atoms with van der Waals surface area (Å²) in [7, 11) is 0. The predicted octanol–water partition coefficient (Wildman–Crippen LogP) is 7.14. The summed E-state index contributed by atoms with van der Waals surface area (Å²) in [5, 5.41) is 0. The molecule has 0 aliphatic carbocycles. The number of carbonyl (C=O) groups excluding carboxylic acids is 1. The summed E-state index contributed by atoms with van der Waals surface area (Å²) in [6.07, 6.45) is 14.5. The molecule has 1 rings (SSSR count). The van der Waals surface area contributed by atoms with E-state index in [0.717, 1.165) is 34.6 Å². The first-order chi connectivity index (χ1) is 12.5. The molecule has 0 aromatic rings. The van der Waals surface area contributed by atoms with Gasteiger partial charge >= 0.3 is 168 Å². The Labute approximate surface area is 168 Å². The van der Waals surface area contributed by atoms with Gasteiger partial charge < -0.3 is 0 Å². The number of rotatable bonds is 13. The molecule has 0 radical (unpaired) electrons. The van der Waals surface area contributed by atoms with E-state index in [4.69, 9.17) is 6.15 Å². The van der Waals surface area contributed by atoms with Crippen LogP contribution >= 0.6 is 0 Å². The van der Waals surface area contributed by atoms with Crippen molar-refractivity contribution in [1.29, 1.82) is 0 Å². The van der Waals surface area contributed by atoms with Gasteiger partial charge in [0.2, 0.25) is 0 Å². The van der Waals surface area contributed by atoms with Crippen LogP contribution in [-0.4, -0.2) is 30.8 Å². The number of hydrogen-bond donors (Lipinski definition) is 0. The summed E-state index contributed by atoms with van der Waals surface area (Å²) in [4.78, 5) is 11.9. The van der Waals surface area contributed by atoms with Crippen LogP contribution in [0.1, 0.15) is 112 Å². The molecule has 0 amide bonds. The van der Waals surface area contributed by atoms with Gasteiger partial charge in [0.25, 0.3) is 0 Å². The monoisotopic (exact) mass is 476 g/mol. The standard InChI is InChI=1S/C16H32O.C4H9.C2H4O2.Sn/c1-5-9-12-15(8-4)16(17,13-10-6-2)14-11-7-3;1-3-4-2;1-2(3)4;/h15H,4-14H2,1-3H3;1,3-4H2,2H3;1H3,(H,3,4);/q-1;;;+2/p-1. The van der Waals surface area contributed by atoms with Gasteiger partial charge in [-0.2, -0.15) is 0 Å². The molecule has 1 heterocycles. The van der Waals surface area contributed by atoms with Crippen molar-refractivity contribution in [1.82, 2.24) is 0 Å². The summed E-state index contributed by atoms with van der Waals surface area (Å²) < 4.78 is 15.4. The quantitative estimate of drug-likeness (QED) is 0.266. The number of hydrogen-bond acceptors (Lipinski definition) is 3. The molecule has 1 aliphatic heterocycles. The zero-order chi connectivity index (χ0) is 19.5. The first kappa shape index (κ1) is 24.3. The van der Waals surface area contributed by atoms with Crippen molar-refractivity contribution in [3.63, 3.8) is 0 Å².